The Morgan fingerprint density at radius 3 is 2.58 bits per heavy atom. The van der Waals surface area contributed by atoms with Gasteiger partial charge in [-0.15, -0.1) is 0 Å². The number of ether oxygens (including phenoxy) is 1. The zero-order chi connectivity index (χ0) is 26.7. The molecule has 3 rings (SSSR count). The molecule has 5 atom stereocenters. The highest BCUT2D eigenvalue weighted by Gasteiger charge is 2.61. The standard InChI is InChI=1S/C28H44N2O6/c1-18(2)13-19-14-22-24(32)29-28(26(34)35)16-21(28)12-10-8-6-7-9-11-20(25(33)30(22)17-19)15-23(31)36-27(3,4)5/h10,12,18-22H,6-9,11,13-17H2,1-5H3,(H,29,32)(H,34,35)/b12-10-/t19-,20-,21-,22+,28-/m1/s1. The van der Waals surface area contributed by atoms with Crippen LogP contribution in [-0.4, -0.2) is 57.5 Å². The fraction of sp³-hybridized carbons (Fsp3) is 0.786. The van der Waals surface area contributed by atoms with Crippen LogP contribution in [0, 0.1) is 23.7 Å². The van der Waals surface area contributed by atoms with Gasteiger partial charge < -0.3 is 20.1 Å². The molecule has 2 fully saturated rings. The lowest BCUT2D eigenvalue weighted by molar-refractivity contribution is -0.159. The van der Waals surface area contributed by atoms with Crippen molar-refractivity contribution in [2.45, 2.75) is 110 Å². The average Bonchev–Trinajstić information content (AvgIpc) is 3.28. The fourth-order valence-electron chi connectivity index (χ4n) is 5.74. The summed E-state index contributed by atoms with van der Waals surface area (Å²) in [5.41, 5.74) is -1.94. The highest BCUT2D eigenvalue weighted by atomic mass is 16.6. The number of carbonyl (C=O) groups is 4. The second-order valence-corrected chi connectivity index (χ2v) is 12.4. The Morgan fingerprint density at radius 1 is 1.22 bits per heavy atom. The van der Waals surface area contributed by atoms with E-state index in [9.17, 15) is 24.3 Å². The molecule has 0 aromatic heterocycles. The molecule has 36 heavy (non-hydrogen) atoms. The summed E-state index contributed by atoms with van der Waals surface area (Å²) < 4.78 is 5.52. The number of esters is 1. The highest BCUT2D eigenvalue weighted by molar-refractivity contribution is 5.95. The van der Waals surface area contributed by atoms with E-state index >= 15 is 0 Å². The first-order valence-electron chi connectivity index (χ1n) is 13.6. The molecule has 2 heterocycles. The molecular formula is C28H44N2O6. The van der Waals surface area contributed by atoms with Gasteiger partial charge in [0, 0.05) is 18.4 Å². The maximum absolute atomic E-state index is 13.9. The van der Waals surface area contributed by atoms with Gasteiger partial charge in [-0.25, -0.2) is 4.79 Å². The van der Waals surface area contributed by atoms with Crippen LogP contribution in [0.25, 0.3) is 0 Å². The van der Waals surface area contributed by atoms with Crippen molar-refractivity contribution in [3.63, 3.8) is 0 Å². The maximum atomic E-state index is 13.9. The molecule has 0 aromatic carbocycles. The largest absolute Gasteiger partial charge is 0.479 e. The second-order valence-electron chi connectivity index (χ2n) is 12.4. The van der Waals surface area contributed by atoms with Crippen molar-refractivity contribution in [3.8, 4) is 0 Å². The van der Waals surface area contributed by atoms with Gasteiger partial charge in [-0.05, 0) is 71.1 Å². The Hall–Kier alpha value is -2.38. The maximum Gasteiger partial charge on any atom is 0.330 e. The lowest BCUT2D eigenvalue weighted by Gasteiger charge is -2.30. The summed E-state index contributed by atoms with van der Waals surface area (Å²) in [6, 6.07) is -0.728. The minimum absolute atomic E-state index is 0.0170. The number of allylic oxidation sites excluding steroid dienone is 1. The van der Waals surface area contributed by atoms with Gasteiger partial charge in [0.05, 0.1) is 6.42 Å². The molecule has 1 saturated heterocycles. The van der Waals surface area contributed by atoms with Gasteiger partial charge in [0.2, 0.25) is 11.8 Å². The Bertz CT molecular complexity index is 876. The molecule has 0 aromatic rings. The van der Waals surface area contributed by atoms with Crippen LogP contribution in [0.2, 0.25) is 0 Å². The zero-order valence-electron chi connectivity index (χ0n) is 22.5. The molecular weight excluding hydrogens is 460 g/mol. The fourth-order valence-corrected chi connectivity index (χ4v) is 5.74. The van der Waals surface area contributed by atoms with Crippen LogP contribution in [0.5, 0.6) is 0 Å². The summed E-state index contributed by atoms with van der Waals surface area (Å²) in [6.45, 7) is 10.1. The molecule has 0 spiro atoms. The molecule has 2 N–H and O–H groups in total. The van der Waals surface area contributed by atoms with Gasteiger partial charge >= 0.3 is 11.9 Å². The summed E-state index contributed by atoms with van der Waals surface area (Å²) >= 11 is 0. The first-order valence-corrected chi connectivity index (χ1v) is 13.6. The number of aliphatic carboxylic acids is 1. The van der Waals surface area contributed by atoms with Crippen LogP contribution < -0.4 is 5.32 Å². The molecule has 2 aliphatic heterocycles. The lowest BCUT2D eigenvalue weighted by Crippen LogP contribution is -2.53. The first kappa shape index (κ1) is 28.2. The SMILES string of the molecule is CC(C)C[C@@H]1C[C@H]2C(=O)N[C@]3(C(=O)O)C[C@H]3/C=C\CCCCC[C@H](CC(=O)OC(C)(C)C)C(=O)N2C1. The average molecular weight is 505 g/mol. The Balaban J connectivity index is 1.87. The molecule has 1 aliphatic carbocycles. The quantitative estimate of drug-likeness (QED) is 0.431. The van der Waals surface area contributed by atoms with E-state index < -0.39 is 40.9 Å². The number of carboxylic acid groups (broad SMARTS) is 1. The number of nitrogens with zero attached hydrogens (tertiary/aromatic N) is 1. The van der Waals surface area contributed by atoms with Crippen molar-refractivity contribution in [2.75, 3.05) is 6.54 Å². The lowest BCUT2D eigenvalue weighted by atomic mass is 9.94. The number of amides is 2. The van der Waals surface area contributed by atoms with Gasteiger partial charge in [0.15, 0.2) is 0 Å². The van der Waals surface area contributed by atoms with Gasteiger partial charge in [-0.3, -0.25) is 14.4 Å². The number of hydrogen-bond acceptors (Lipinski definition) is 5. The molecule has 8 heteroatoms. The summed E-state index contributed by atoms with van der Waals surface area (Å²) in [6.07, 6.45) is 9.65. The number of fused-ring (bicyclic) bond motifs is 2. The molecule has 202 valence electrons. The van der Waals surface area contributed by atoms with Crippen molar-refractivity contribution in [1.82, 2.24) is 10.2 Å². The van der Waals surface area contributed by atoms with E-state index in [2.05, 4.69) is 19.2 Å². The second kappa shape index (κ2) is 11.3. The van der Waals surface area contributed by atoms with Crippen LogP contribution >= 0.6 is 0 Å². The van der Waals surface area contributed by atoms with Gasteiger partial charge in [-0.1, -0.05) is 38.8 Å². The summed E-state index contributed by atoms with van der Waals surface area (Å²) in [4.78, 5) is 53.8. The molecule has 0 bridgehead atoms. The number of rotatable bonds is 5. The molecule has 0 radical (unpaired) electrons. The van der Waals surface area contributed by atoms with Gasteiger partial charge in [0.1, 0.15) is 17.2 Å². The Labute approximate surface area is 215 Å². The van der Waals surface area contributed by atoms with Crippen molar-refractivity contribution in [1.29, 1.82) is 0 Å². The summed E-state index contributed by atoms with van der Waals surface area (Å²) in [5.74, 6) is -2.28. The van der Waals surface area contributed by atoms with Crippen molar-refractivity contribution >= 4 is 23.8 Å². The van der Waals surface area contributed by atoms with Crippen LogP contribution in [0.4, 0.5) is 0 Å². The zero-order valence-corrected chi connectivity index (χ0v) is 22.5. The predicted octanol–water partition coefficient (Wildman–Crippen LogP) is 4.08. The Morgan fingerprint density at radius 2 is 1.94 bits per heavy atom. The van der Waals surface area contributed by atoms with Crippen molar-refractivity contribution in [3.05, 3.63) is 12.2 Å². The molecule has 1 saturated carbocycles. The van der Waals surface area contributed by atoms with Crippen LogP contribution in [0.1, 0.15) is 92.4 Å². The predicted molar refractivity (Wildman–Crippen MR) is 136 cm³/mol. The van der Waals surface area contributed by atoms with Crippen molar-refractivity contribution < 1.29 is 29.0 Å². The number of carbonyl (C=O) groups excluding carboxylic acids is 3. The van der Waals surface area contributed by atoms with E-state index in [4.69, 9.17) is 4.74 Å². The van der Waals surface area contributed by atoms with Crippen molar-refractivity contribution in [2.24, 2.45) is 23.7 Å². The Kier molecular flexibility index (Phi) is 8.88. The monoisotopic (exact) mass is 504 g/mol. The minimum Gasteiger partial charge on any atom is -0.479 e. The number of hydrogen-bond donors (Lipinski definition) is 2. The van der Waals surface area contributed by atoms with Crippen LogP contribution in [0.3, 0.4) is 0 Å². The smallest absolute Gasteiger partial charge is 0.330 e. The molecule has 3 aliphatic rings. The topological polar surface area (TPSA) is 113 Å². The third-order valence-electron chi connectivity index (χ3n) is 7.49. The molecule has 0 unspecified atom stereocenters. The van der Waals surface area contributed by atoms with Crippen LogP contribution in [-0.2, 0) is 23.9 Å². The van der Waals surface area contributed by atoms with Gasteiger partial charge in [0.25, 0.3) is 0 Å². The third kappa shape index (κ3) is 7.10. The van der Waals surface area contributed by atoms with E-state index in [1.807, 2.05) is 12.2 Å². The van der Waals surface area contributed by atoms with E-state index in [0.717, 1.165) is 32.1 Å². The number of nitrogens with one attached hydrogen (secondary N) is 1. The molecule has 8 nitrogen and oxygen atoms in total. The first-order chi connectivity index (χ1) is 16.8. The highest BCUT2D eigenvalue weighted by Crippen LogP contribution is 2.45. The van der Waals surface area contributed by atoms with E-state index in [0.29, 0.717) is 31.7 Å². The van der Waals surface area contributed by atoms with Gasteiger partial charge in [-0.2, -0.15) is 0 Å². The third-order valence-corrected chi connectivity index (χ3v) is 7.49. The normalized spacial score (nSPS) is 32.6. The van der Waals surface area contributed by atoms with E-state index in [-0.39, 0.29) is 24.2 Å². The van der Waals surface area contributed by atoms with E-state index in [1.165, 1.54) is 0 Å². The molecule has 2 amide bonds. The minimum atomic E-state index is -1.30. The summed E-state index contributed by atoms with van der Waals surface area (Å²) in [7, 11) is 0. The van der Waals surface area contributed by atoms with E-state index in [1.54, 1.807) is 25.7 Å². The van der Waals surface area contributed by atoms with Crippen LogP contribution in [0.15, 0.2) is 12.2 Å². The number of carboxylic acids is 1. The summed E-state index contributed by atoms with van der Waals surface area (Å²) in [5, 5.41) is 12.7.